The van der Waals surface area contributed by atoms with Crippen LogP contribution in [-0.2, 0) is 4.74 Å². The molecule has 0 unspecified atom stereocenters. The van der Waals surface area contributed by atoms with Gasteiger partial charge in [0.2, 0.25) is 0 Å². The second-order valence-electron chi connectivity index (χ2n) is 3.56. The molecule has 1 fully saturated rings. The van der Waals surface area contributed by atoms with Crippen LogP contribution in [0.15, 0.2) is 12.2 Å². The van der Waals surface area contributed by atoms with Crippen LogP contribution >= 0.6 is 0 Å². The van der Waals surface area contributed by atoms with E-state index in [2.05, 4.69) is 19.1 Å². The first-order valence-electron chi connectivity index (χ1n) is 4.10. The van der Waals surface area contributed by atoms with Crippen LogP contribution in [0.3, 0.4) is 0 Å². The van der Waals surface area contributed by atoms with E-state index >= 15 is 0 Å². The van der Waals surface area contributed by atoms with Gasteiger partial charge in [-0.3, -0.25) is 0 Å². The summed E-state index contributed by atoms with van der Waals surface area (Å²) in [6, 6.07) is 0. The fourth-order valence-corrected chi connectivity index (χ4v) is 2.03. The maximum Gasteiger partial charge on any atom is 0.0720 e. The molecule has 0 bridgehead atoms. The summed E-state index contributed by atoms with van der Waals surface area (Å²) in [5.41, 5.74) is 0.203. The average molecular weight is 138 g/mol. The minimum Gasteiger partial charge on any atom is -0.375 e. The van der Waals surface area contributed by atoms with Crippen molar-refractivity contribution < 1.29 is 4.74 Å². The smallest absolute Gasteiger partial charge is 0.0720 e. The highest BCUT2D eigenvalue weighted by Crippen LogP contribution is 2.39. The topological polar surface area (TPSA) is 9.23 Å². The molecule has 0 radical (unpaired) electrons. The quantitative estimate of drug-likeness (QED) is 0.466. The highest BCUT2D eigenvalue weighted by molar-refractivity contribution is 5.04. The van der Waals surface area contributed by atoms with Gasteiger partial charge in [-0.2, -0.15) is 0 Å². The Morgan fingerprint density at radius 1 is 1.50 bits per heavy atom. The predicted octanol–water partition coefficient (Wildman–Crippen LogP) is 2.13. The van der Waals surface area contributed by atoms with Gasteiger partial charge >= 0.3 is 0 Å². The van der Waals surface area contributed by atoms with Crippen LogP contribution in [0.1, 0.15) is 26.2 Å². The molecule has 1 heterocycles. The number of rotatable bonds is 0. The third-order valence-corrected chi connectivity index (χ3v) is 2.87. The van der Waals surface area contributed by atoms with E-state index in [9.17, 15) is 0 Å². The zero-order chi connectivity index (χ0) is 7.03. The van der Waals surface area contributed by atoms with Gasteiger partial charge in [0.05, 0.1) is 5.60 Å². The highest BCUT2D eigenvalue weighted by Gasteiger charge is 2.39. The Labute approximate surface area is 62.1 Å². The third-order valence-electron chi connectivity index (χ3n) is 2.87. The Hall–Kier alpha value is -0.300. The van der Waals surface area contributed by atoms with Gasteiger partial charge in [0.1, 0.15) is 0 Å². The van der Waals surface area contributed by atoms with Crippen molar-refractivity contribution >= 4 is 0 Å². The van der Waals surface area contributed by atoms with Crippen LogP contribution in [0.5, 0.6) is 0 Å². The van der Waals surface area contributed by atoms with Crippen molar-refractivity contribution in [3.8, 4) is 0 Å². The van der Waals surface area contributed by atoms with E-state index in [1.807, 2.05) is 0 Å². The maximum absolute atomic E-state index is 5.69. The maximum atomic E-state index is 5.69. The molecule has 1 aliphatic carbocycles. The lowest BCUT2D eigenvalue weighted by Crippen LogP contribution is -2.32. The zero-order valence-corrected chi connectivity index (χ0v) is 6.47. The molecule has 10 heavy (non-hydrogen) atoms. The number of hydrogen-bond acceptors (Lipinski definition) is 1. The van der Waals surface area contributed by atoms with Gasteiger partial charge in [0, 0.05) is 6.61 Å². The molecular weight excluding hydrogens is 124 g/mol. The predicted molar refractivity (Wildman–Crippen MR) is 40.8 cm³/mol. The standard InChI is InChI=1S/C9H14O/c1-9-6-3-2-4-8(9)5-7-10-9/h2-3,8H,4-7H2,1H3/t8-,9+/m1/s1. The fraction of sp³-hybridized carbons (Fsp3) is 0.778. The van der Waals surface area contributed by atoms with Crippen molar-refractivity contribution in [1.82, 2.24) is 0 Å². The van der Waals surface area contributed by atoms with Crippen molar-refractivity contribution in [3.63, 3.8) is 0 Å². The molecule has 1 nitrogen and oxygen atoms in total. The molecule has 1 heteroatoms. The normalized spacial score (nSPS) is 45.5. The molecule has 56 valence electrons. The molecule has 0 aromatic rings. The summed E-state index contributed by atoms with van der Waals surface area (Å²) in [4.78, 5) is 0. The summed E-state index contributed by atoms with van der Waals surface area (Å²) < 4.78 is 5.69. The van der Waals surface area contributed by atoms with Crippen molar-refractivity contribution in [2.75, 3.05) is 6.61 Å². The van der Waals surface area contributed by atoms with Gasteiger partial charge in [-0.05, 0) is 32.1 Å². The minimum absolute atomic E-state index is 0.203. The van der Waals surface area contributed by atoms with E-state index < -0.39 is 0 Å². The lowest BCUT2D eigenvalue weighted by atomic mass is 9.80. The average Bonchev–Trinajstić information content (AvgIpc) is 2.29. The Balaban J connectivity index is 2.20. The molecule has 0 aromatic heterocycles. The monoisotopic (exact) mass is 138 g/mol. The highest BCUT2D eigenvalue weighted by atomic mass is 16.5. The minimum atomic E-state index is 0.203. The fourth-order valence-electron chi connectivity index (χ4n) is 2.03. The summed E-state index contributed by atoms with van der Waals surface area (Å²) in [5, 5.41) is 0. The Morgan fingerprint density at radius 2 is 2.40 bits per heavy atom. The molecule has 2 aliphatic rings. The van der Waals surface area contributed by atoms with Crippen LogP contribution in [0.2, 0.25) is 0 Å². The molecule has 1 aliphatic heterocycles. The second kappa shape index (κ2) is 2.09. The summed E-state index contributed by atoms with van der Waals surface area (Å²) in [5.74, 6) is 0.803. The first kappa shape index (κ1) is 6.41. The number of ether oxygens (including phenoxy) is 1. The summed E-state index contributed by atoms with van der Waals surface area (Å²) in [6.45, 7) is 3.22. The van der Waals surface area contributed by atoms with Crippen LogP contribution in [0, 0.1) is 5.92 Å². The van der Waals surface area contributed by atoms with Crippen LogP contribution < -0.4 is 0 Å². The summed E-state index contributed by atoms with van der Waals surface area (Å²) in [7, 11) is 0. The molecular formula is C9H14O. The van der Waals surface area contributed by atoms with Crippen LogP contribution in [0.25, 0.3) is 0 Å². The van der Waals surface area contributed by atoms with Crippen molar-refractivity contribution in [2.24, 2.45) is 5.92 Å². The molecule has 0 saturated carbocycles. The van der Waals surface area contributed by atoms with Crippen molar-refractivity contribution in [2.45, 2.75) is 31.8 Å². The van der Waals surface area contributed by atoms with Gasteiger partial charge in [0.15, 0.2) is 0 Å². The van der Waals surface area contributed by atoms with E-state index in [-0.39, 0.29) is 5.60 Å². The van der Waals surface area contributed by atoms with Crippen molar-refractivity contribution in [1.29, 1.82) is 0 Å². The lowest BCUT2D eigenvalue weighted by Gasteiger charge is -2.31. The Morgan fingerprint density at radius 3 is 3.20 bits per heavy atom. The molecule has 1 saturated heterocycles. The zero-order valence-electron chi connectivity index (χ0n) is 6.47. The third kappa shape index (κ3) is 0.807. The van der Waals surface area contributed by atoms with E-state index in [0.29, 0.717) is 0 Å². The first-order chi connectivity index (χ1) is 4.81. The molecule has 2 rings (SSSR count). The number of fused-ring (bicyclic) bond motifs is 1. The van der Waals surface area contributed by atoms with Gasteiger partial charge in [-0.15, -0.1) is 0 Å². The van der Waals surface area contributed by atoms with E-state index in [1.165, 1.54) is 12.8 Å². The SMILES string of the molecule is C[C@]12CC=CC[C@@H]1CCO2. The number of hydrogen-bond donors (Lipinski definition) is 0. The lowest BCUT2D eigenvalue weighted by molar-refractivity contribution is -0.00542. The number of allylic oxidation sites excluding steroid dienone is 1. The van der Waals surface area contributed by atoms with E-state index in [1.54, 1.807) is 0 Å². The molecule has 0 amide bonds. The Bertz CT molecular complexity index is 162. The van der Waals surface area contributed by atoms with Gasteiger partial charge in [-0.25, -0.2) is 0 Å². The molecule has 2 atom stereocenters. The van der Waals surface area contributed by atoms with Crippen LogP contribution in [0.4, 0.5) is 0 Å². The van der Waals surface area contributed by atoms with Gasteiger partial charge in [0.25, 0.3) is 0 Å². The van der Waals surface area contributed by atoms with Gasteiger partial charge in [-0.1, -0.05) is 12.2 Å². The van der Waals surface area contributed by atoms with Crippen molar-refractivity contribution in [3.05, 3.63) is 12.2 Å². The van der Waals surface area contributed by atoms with E-state index in [4.69, 9.17) is 4.74 Å². The van der Waals surface area contributed by atoms with Crippen LogP contribution in [-0.4, -0.2) is 12.2 Å². The largest absolute Gasteiger partial charge is 0.375 e. The molecule has 0 aromatic carbocycles. The summed E-state index contributed by atoms with van der Waals surface area (Å²) in [6.07, 6.45) is 8.16. The summed E-state index contributed by atoms with van der Waals surface area (Å²) >= 11 is 0. The van der Waals surface area contributed by atoms with Gasteiger partial charge < -0.3 is 4.74 Å². The first-order valence-corrected chi connectivity index (χ1v) is 4.10. The Kier molecular flexibility index (Phi) is 1.34. The second-order valence-corrected chi connectivity index (χ2v) is 3.56. The molecule has 0 spiro atoms. The molecule has 0 N–H and O–H groups in total. The van der Waals surface area contributed by atoms with E-state index in [0.717, 1.165) is 18.9 Å².